The van der Waals surface area contributed by atoms with Crippen LogP contribution >= 0.6 is 0 Å². The number of morpholine rings is 1. The number of ether oxygens (including phenoxy) is 2. The highest BCUT2D eigenvalue weighted by Gasteiger charge is 2.33. The van der Waals surface area contributed by atoms with Crippen LogP contribution in [0, 0.1) is 11.6 Å². The Morgan fingerprint density at radius 3 is 2.50 bits per heavy atom. The van der Waals surface area contributed by atoms with Crippen LogP contribution in [0.5, 0.6) is 5.75 Å². The lowest BCUT2D eigenvalue weighted by Crippen LogP contribution is -2.54. The molecule has 0 saturated carbocycles. The Bertz CT molecular complexity index is 555. The molecule has 2 amide bonds. The number of anilines is 1. The average Bonchev–Trinajstić information content (AvgIpc) is 2.35. The maximum atomic E-state index is 13.6. The summed E-state index contributed by atoms with van der Waals surface area (Å²) >= 11 is 0. The van der Waals surface area contributed by atoms with Crippen LogP contribution in [-0.4, -0.2) is 42.8 Å². The first-order valence-electron chi connectivity index (χ1n) is 6.98. The van der Waals surface area contributed by atoms with Crippen LogP contribution in [0.2, 0.25) is 0 Å². The fraction of sp³-hybridized carbons (Fsp3) is 0.533. The predicted molar refractivity (Wildman–Crippen MR) is 78.1 cm³/mol. The van der Waals surface area contributed by atoms with E-state index < -0.39 is 29.0 Å². The number of carbonyl (C=O) groups is 1. The fourth-order valence-corrected chi connectivity index (χ4v) is 2.64. The second-order valence-corrected chi connectivity index (χ2v) is 5.97. The Hall–Kier alpha value is -1.89. The first kappa shape index (κ1) is 16.5. The molecule has 0 spiro atoms. The summed E-state index contributed by atoms with van der Waals surface area (Å²) in [4.78, 5) is 13.8. The number of nitrogens with one attached hydrogen (secondary N) is 1. The number of benzene rings is 1. The Labute approximate surface area is 128 Å². The zero-order valence-corrected chi connectivity index (χ0v) is 13.1. The summed E-state index contributed by atoms with van der Waals surface area (Å²) in [5.41, 5.74) is -0.427. The molecule has 0 aromatic heterocycles. The second-order valence-electron chi connectivity index (χ2n) is 5.97. The highest BCUT2D eigenvalue weighted by molar-refractivity contribution is 5.89. The molecule has 5 nitrogen and oxygen atoms in total. The topological polar surface area (TPSA) is 50.8 Å². The molecule has 1 aromatic rings. The molecule has 22 heavy (non-hydrogen) atoms. The number of halogens is 2. The standard InChI is InChI=1S/C15H20F2N2O3/c1-9-7-19(8-15(2,3)22-9)14(20)18-10-5-11(16)13(21-4)12(17)6-10/h5-6,9H,7-8H2,1-4H3,(H,18,20). The van der Waals surface area contributed by atoms with E-state index in [2.05, 4.69) is 10.1 Å². The van der Waals surface area contributed by atoms with E-state index in [0.29, 0.717) is 13.1 Å². The summed E-state index contributed by atoms with van der Waals surface area (Å²) in [7, 11) is 1.18. The van der Waals surface area contributed by atoms with E-state index in [1.54, 1.807) is 4.90 Å². The molecule has 1 fully saturated rings. The maximum Gasteiger partial charge on any atom is 0.322 e. The summed E-state index contributed by atoms with van der Waals surface area (Å²) in [6.45, 7) is 6.44. The summed E-state index contributed by atoms with van der Waals surface area (Å²) in [5.74, 6) is -2.21. The molecule has 1 aliphatic rings. The van der Waals surface area contributed by atoms with E-state index in [4.69, 9.17) is 4.74 Å². The van der Waals surface area contributed by atoms with Gasteiger partial charge in [-0.2, -0.15) is 0 Å². The number of methoxy groups -OCH3 is 1. The fourth-order valence-electron chi connectivity index (χ4n) is 2.64. The molecule has 1 atom stereocenters. The summed E-state index contributed by atoms with van der Waals surface area (Å²) in [6, 6.07) is 1.62. The number of amides is 2. The second kappa shape index (κ2) is 6.08. The minimum absolute atomic E-state index is 0.0396. The molecule has 0 aliphatic carbocycles. The van der Waals surface area contributed by atoms with E-state index in [9.17, 15) is 13.6 Å². The van der Waals surface area contributed by atoms with Gasteiger partial charge in [-0.25, -0.2) is 13.6 Å². The third-order valence-electron chi connectivity index (χ3n) is 3.31. The number of rotatable bonds is 2. The molecule has 1 saturated heterocycles. The van der Waals surface area contributed by atoms with Gasteiger partial charge in [-0.3, -0.25) is 0 Å². The Kier molecular flexibility index (Phi) is 4.55. The van der Waals surface area contributed by atoms with Crippen molar-refractivity contribution in [3.05, 3.63) is 23.8 Å². The normalized spacial score (nSPS) is 20.6. The first-order chi connectivity index (χ1) is 10.2. The van der Waals surface area contributed by atoms with Gasteiger partial charge in [-0.05, 0) is 20.8 Å². The highest BCUT2D eigenvalue weighted by Crippen LogP contribution is 2.26. The molecule has 1 aromatic carbocycles. The van der Waals surface area contributed by atoms with Crippen molar-refractivity contribution in [1.82, 2.24) is 4.90 Å². The molecule has 0 bridgehead atoms. The van der Waals surface area contributed by atoms with Gasteiger partial charge in [-0.15, -0.1) is 0 Å². The molecule has 1 unspecified atom stereocenters. The Balaban J connectivity index is 2.12. The Morgan fingerprint density at radius 2 is 2.00 bits per heavy atom. The van der Waals surface area contributed by atoms with Crippen molar-refractivity contribution in [2.45, 2.75) is 32.5 Å². The average molecular weight is 314 g/mol. The number of hydrogen-bond donors (Lipinski definition) is 1. The molecular weight excluding hydrogens is 294 g/mol. The van der Waals surface area contributed by atoms with Crippen molar-refractivity contribution in [2.24, 2.45) is 0 Å². The van der Waals surface area contributed by atoms with Gasteiger partial charge in [0.05, 0.1) is 25.4 Å². The lowest BCUT2D eigenvalue weighted by molar-refractivity contribution is -0.116. The van der Waals surface area contributed by atoms with Crippen molar-refractivity contribution in [3.8, 4) is 5.75 Å². The molecule has 1 aliphatic heterocycles. The van der Waals surface area contributed by atoms with Gasteiger partial charge in [0.1, 0.15) is 0 Å². The quantitative estimate of drug-likeness (QED) is 0.913. The van der Waals surface area contributed by atoms with Crippen LogP contribution in [0.3, 0.4) is 0 Å². The van der Waals surface area contributed by atoms with Gasteiger partial charge in [0.2, 0.25) is 0 Å². The van der Waals surface area contributed by atoms with Crippen LogP contribution < -0.4 is 10.1 Å². The Morgan fingerprint density at radius 1 is 1.41 bits per heavy atom. The zero-order chi connectivity index (χ0) is 16.5. The molecule has 1 N–H and O–H groups in total. The van der Waals surface area contributed by atoms with E-state index in [1.807, 2.05) is 20.8 Å². The smallest absolute Gasteiger partial charge is 0.322 e. The van der Waals surface area contributed by atoms with Gasteiger partial charge in [0.15, 0.2) is 17.4 Å². The van der Waals surface area contributed by atoms with Gasteiger partial charge >= 0.3 is 6.03 Å². The molecular formula is C15H20F2N2O3. The maximum absolute atomic E-state index is 13.6. The van der Waals surface area contributed by atoms with Crippen LogP contribution in [0.1, 0.15) is 20.8 Å². The SMILES string of the molecule is COc1c(F)cc(NC(=O)N2CC(C)OC(C)(C)C2)cc1F. The van der Waals surface area contributed by atoms with Crippen LogP contribution in [0.4, 0.5) is 19.3 Å². The van der Waals surface area contributed by atoms with E-state index in [1.165, 1.54) is 7.11 Å². The number of carbonyl (C=O) groups excluding carboxylic acids is 1. The van der Waals surface area contributed by atoms with Crippen molar-refractivity contribution < 1.29 is 23.0 Å². The van der Waals surface area contributed by atoms with Crippen molar-refractivity contribution in [2.75, 3.05) is 25.5 Å². The lowest BCUT2D eigenvalue weighted by atomic mass is 10.1. The molecule has 2 rings (SSSR count). The summed E-state index contributed by atoms with van der Waals surface area (Å²) < 4.78 is 37.6. The zero-order valence-electron chi connectivity index (χ0n) is 13.1. The first-order valence-corrected chi connectivity index (χ1v) is 6.98. The van der Waals surface area contributed by atoms with Crippen LogP contribution in [0.25, 0.3) is 0 Å². The van der Waals surface area contributed by atoms with E-state index in [-0.39, 0.29) is 11.8 Å². The van der Waals surface area contributed by atoms with Gasteiger partial charge in [-0.1, -0.05) is 0 Å². The number of hydrogen-bond acceptors (Lipinski definition) is 3. The van der Waals surface area contributed by atoms with Crippen molar-refractivity contribution in [3.63, 3.8) is 0 Å². The minimum atomic E-state index is -0.867. The largest absolute Gasteiger partial charge is 0.491 e. The predicted octanol–water partition coefficient (Wildman–Crippen LogP) is 3.00. The lowest BCUT2D eigenvalue weighted by Gasteiger charge is -2.41. The van der Waals surface area contributed by atoms with Crippen molar-refractivity contribution in [1.29, 1.82) is 0 Å². The monoisotopic (exact) mass is 314 g/mol. The third kappa shape index (κ3) is 3.65. The van der Waals surface area contributed by atoms with Gasteiger partial charge < -0.3 is 19.7 Å². The third-order valence-corrected chi connectivity index (χ3v) is 3.31. The number of urea groups is 1. The molecule has 0 radical (unpaired) electrons. The van der Waals surface area contributed by atoms with E-state index in [0.717, 1.165) is 12.1 Å². The van der Waals surface area contributed by atoms with E-state index >= 15 is 0 Å². The van der Waals surface area contributed by atoms with Gasteiger partial charge in [0.25, 0.3) is 0 Å². The summed E-state index contributed by atoms with van der Waals surface area (Å²) in [5, 5.41) is 2.50. The van der Waals surface area contributed by atoms with Crippen LogP contribution in [0.15, 0.2) is 12.1 Å². The molecule has 1 heterocycles. The minimum Gasteiger partial charge on any atom is -0.491 e. The van der Waals surface area contributed by atoms with Gasteiger partial charge in [0, 0.05) is 24.4 Å². The molecule has 122 valence electrons. The summed E-state index contributed by atoms with van der Waals surface area (Å²) in [6.07, 6.45) is -0.112. The molecule has 7 heteroatoms. The highest BCUT2D eigenvalue weighted by atomic mass is 19.1. The number of nitrogens with zero attached hydrogens (tertiary/aromatic N) is 1. The van der Waals surface area contributed by atoms with Crippen molar-refractivity contribution >= 4 is 11.7 Å². The van der Waals surface area contributed by atoms with Crippen LogP contribution in [-0.2, 0) is 4.74 Å².